The van der Waals surface area contributed by atoms with Gasteiger partial charge in [0.15, 0.2) is 0 Å². The third-order valence-electron chi connectivity index (χ3n) is 4.39. The third kappa shape index (κ3) is 1.44. The minimum absolute atomic E-state index is 0.157. The van der Waals surface area contributed by atoms with E-state index >= 15 is 0 Å². The molecule has 1 saturated carbocycles. The number of carboxylic acids is 1. The van der Waals surface area contributed by atoms with Crippen molar-refractivity contribution in [3.05, 3.63) is 0 Å². The maximum Gasteiger partial charge on any atom is 0.309 e. The Morgan fingerprint density at radius 1 is 1.43 bits per heavy atom. The molecule has 1 rings (SSSR count). The highest BCUT2D eigenvalue weighted by molar-refractivity contribution is 5.75. The molecule has 1 aliphatic carbocycles. The molecule has 0 aromatic rings. The normalized spacial score (nSPS) is 35.9. The lowest BCUT2D eigenvalue weighted by Crippen LogP contribution is -2.40. The Morgan fingerprint density at radius 3 is 2.36 bits per heavy atom. The molecule has 1 fully saturated rings. The summed E-state index contributed by atoms with van der Waals surface area (Å²) in [7, 11) is 0. The standard InChI is InChI=1S/C11H20O3/c1-10(2)8(5-7-12)4-6-11(10,3)9(13)14/h8,12H,4-7H2,1-3H3,(H,13,14). The largest absolute Gasteiger partial charge is 0.481 e. The monoisotopic (exact) mass is 200 g/mol. The van der Waals surface area contributed by atoms with Crippen molar-refractivity contribution in [2.75, 3.05) is 6.61 Å². The van der Waals surface area contributed by atoms with Crippen LogP contribution in [0.3, 0.4) is 0 Å². The minimum atomic E-state index is -0.706. The molecule has 0 aromatic heterocycles. The molecule has 0 aliphatic heterocycles. The van der Waals surface area contributed by atoms with Gasteiger partial charge >= 0.3 is 5.97 Å². The van der Waals surface area contributed by atoms with Crippen LogP contribution >= 0.6 is 0 Å². The molecular formula is C11H20O3. The molecule has 0 amide bonds. The number of hydrogen-bond donors (Lipinski definition) is 2. The average molecular weight is 200 g/mol. The highest BCUT2D eigenvalue weighted by Gasteiger charge is 2.55. The fraction of sp³-hybridized carbons (Fsp3) is 0.909. The van der Waals surface area contributed by atoms with Crippen molar-refractivity contribution < 1.29 is 15.0 Å². The first-order valence-corrected chi connectivity index (χ1v) is 5.20. The first-order valence-electron chi connectivity index (χ1n) is 5.20. The van der Waals surface area contributed by atoms with E-state index in [1.165, 1.54) is 0 Å². The van der Waals surface area contributed by atoms with Crippen LogP contribution in [0, 0.1) is 16.7 Å². The first kappa shape index (κ1) is 11.5. The quantitative estimate of drug-likeness (QED) is 0.731. The molecule has 14 heavy (non-hydrogen) atoms. The molecule has 0 radical (unpaired) electrons. The van der Waals surface area contributed by atoms with Crippen LogP contribution in [0.5, 0.6) is 0 Å². The second kappa shape index (κ2) is 3.54. The lowest BCUT2D eigenvalue weighted by atomic mass is 9.65. The Labute approximate surface area is 85.1 Å². The van der Waals surface area contributed by atoms with Crippen LogP contribution in [0.2, 0.25) is 0 Å². The van der Waals surface area contributed by atoms with Gasteiger partial charge in [0, 0.05) is 6.61 Å². The van der Waals surface area contributed by atoms with E-state index in [4.69, 9.17) is 5.11 Å². The van der Waals surface area contributed by atoms with Crippen molar-refractivity contribution in [1.29, 1.82) is 0 Å². The van der Waals surface area contributed by atoms with Crippen LogP contribution in [0.15, 0.2) is 0 Å². The van der Waals surface area contributed by atoms with E-state index in [0.717, 1.165) is 19.3 Å². The smallest absolute Gasteiger partial charge is 0.309 e. The lowest BCUT2D eigenvalue weighted by molar-refractivity contribution is -0.154. The highest BCUT2D eigenvalue weighted by atomic mass is 16.4. The summed E-state index contributed by atoms with van der Waals surface area (Å²) < 4.78 is 0. The molecular weight excluding hydrogens is 180 g/mol. The molecule has 0 heterocycles. The molecule has 0 bridgehead atoms. The van der Waals surface area contributed by atoms with Crippen molar-refractivity contribution in [2.45, 2.75) is 40.0 Å². The third-order valence-corrected chi connectivity index (χ3v) is 4.39. The van der Waals surface area contributed by atoms with Gasteiger partial charge < -0.3 is 10.2 Å². The van der Waals surface area contributed by atoms with E-state index in [-0.39, 0.29) is 12.0 Å². The summed E-state index contributed by atoms with van der Waals surface area (Å²) >= 11 is 0. The second-order valence-corrected chi connectivity index (χ2v) is 5.11. The molecule has 82 valence electrons. The van der Waals surface area contributed by atoms with E-state index in [0.29, 0.717) is 5.92 Å². The molecule has 2 unspecified atom stereocenters. The fourth-order valence-electron chi connectivity index (χ4n) is 2.64. The molecule has 0 aromatic carbocycles. The fourth-order valence-corrected chi connectivity index (χ4v) is 2.64. The maximum absolute atomic E-state index is 11.2. The number of aliphatic hydroxyl groups excluding tert-OH is 1. The number of hydrogen-bond acceptors (Lipinski definition) is 2. The molecule has 3 heteroatoms. The van der Waals surface area contributed by atoms with Crippen molar-refractivity contribution in [3.8, 4) is 0 Å². The second-order valence-electron chi connectivity index (χ2n) is 5.11. The topological polar surface area (TPSA) is 57.5 Å². The van der Waals surface area contributed by atoms with Gasteiger partial charge in [0.2, 0.25) is 0 Å². The van der Waals surface area contributed by atoms with Crippen LogP contribution in [0.1, 0.15) is 40.0 Å². The molecule has 2 N–H and O–H groups in total. The van der Waals surface area contributed by atoms with Gasteiger partial charge in [-0.3, -0.25) is 4.79 Å². The van der Waals surface area contributed by atoms with Gasteiger partial charge in [0.05, 0.1) is 5.41 Å². The number of carboxylic acid groups (broad SMARTS) is 1. The Morgan fingerprint density at radius 2 is 2.00 bits per heavy atom. The van der Waals surface area contributed by atoms with Gasteiger partial charge in [-0.15, -0.1) is 0 Å². The first-order chi connectivity index (χ1) is 6.36. The molecule has 1 aliphatic rings. The van der Waals surface area contributed by atoms with Crippen LogP contribution in [-0.4, -0.2) is 22.8 Å². The van der Waals surface area contributed by atoms with Crippen LogP contribution < -0.4 is 0 Å². The Bertz CT molecular complexity index is 235. The summed E-state index contributed by atoms with van der Waals surface area (Å²) in [6.07, 6.45) is 2.35. The van der Waals surface area contributed by atoms with Crippen LogP contribution in [0.4, 0.5) is 0 Å². The summed E-state index contributed by atoms with van der Waals surface area (Å²) in [4.78, 5) is 11.2. The van der Waals surface area contributed by atoms with Gasteiger partial charge in [0.25, 0.3) is 0 Å². The lowest BCUT2D eigenvalue weighted by Gasteiger charge is -2.38. The zero-order chi connectivity index (χ0) is 11.0. The van der Waals surface area contributed by atoms with Gasteiger partial charge in [-0.2, -0.15) is 0 Å². The summed E-state index contributed by atoms with van der Waals surface area (Å²) in [5, 5.41) is 18.2. The number of aliphatic hydroxyl groups is 1. The average Bonchev–Trinajstić information content (AvgIpc) is 2.30. The summed E-state index contributed by atoms with van der Waals surface area (Å²) in [5.41, 5.74) is -0.853. The predicted molar refractivity (Wildman–Crippen MR) is 54.0 cm³/mol. The molecule has 3 nitrogen and oxygen atoms in total. The van der Waals surface area contributed by atoms with Crippen molar-refractivity contribution in [1.82, 2.24) is 0 Å². The van der Waals surface area contributed by atoms with Gasteiger partial charge in [-0.05, 0) is 37.5 Å². The van der Waals surface area contributed by atoms with Gasteiger partial charge in [-0.1, -0.05) is 13.8 Å². The number of aliphatic carboxylic acids is 1. The van der Waals surface area contributed by atoms with E-state index in [1.54, 1.807) is 0 Å². The summed E-state index contributed by atoms with van der Waals surface area (Å²) in [6, 6.07) is 0. The van der Waals surface area contributed by atoms with Crippen molar-refractivity contribution in [3.63, 3.8) is 0 Å². The molecule has 0 spiro atoms. The Kier molecular flexibility index (Phi) is 2.91. The SMILES string of the molecule is CC1(C(=O)O)CCC(CCO)C1(C)C. The maximum atomic E-state index is 11.2. The predicted octanol–water partition coefficient (Wildman–Crippen LogP) is 1.90. The summed E-state index contributed by atoms with van der Waals surface area (Å²) in [6.45, 7) is 6.00. The Balaban J connectivity index is 2.90. The van der Waals surface area contributed by atoms with E-state index < -0.39 is 11.4 Å². The van der Waals surface area contributed by atoms with Crippen LogP contribution in [0.25, 0.3) is 0 Å². The van der Waals surface area contributed by atoms with Gasteiger partial charge in [0.1, 0.15) is 0 Å². The highest BCUT2D eigenvalue weighted by Crippen LogP contribution is 2.56. The zero-order valence-electron chi connectivity index (χ0n) is 9.21. The zero-order valence-corrected chi connectivity index (χ0v) is 9.21. The molecule has 2 atom stereocenters. The van der Waals surface area contributed by atoms with E-state index in [9.17, 15) is 9.90 Å². The van der Waals surface area contributed by atoms with E-state index in [2.05, 4.69) is 0 Å². The van der Waals surface area contributed by atoms with Gasteiger partial charge in [-0.25, -0.2) is 0 Å². The number of carbonyl (C=O) groups is 1. The number of rotatable bonds is 3. The van der Waals surface area contributed by atoms with E-state index in [1.807, 2.05) is 20.8 Å². The summed E-state index contributed by atoms with van der Waals surface area (Å²) in [5.74, 6) is -0.378. The minimum Gasteiger partial charge on any atom is -0.481 e. The van der Waals surface area contributed by atoms with Crippen molar-refractivity contribution >= 4 is 5.97 Å². The van der Waals surface area contributed by atoms with Crippen molar-refractivity contribution in [2.24, 2.45) is 16.7 Å². The Hall–Kier alpha value is -0.570. The molecule has 0 saturated heterocycles. The van der Waals surface area contributed by atoms with Crippen LogP contribution in [-0.2, 0) is 4.79 Å².